The van der Waals surface area contributed by atoms with Crippen molar-refractivity contribution in [1.82, 2.24) is 4.90 Å². The molecule has 0 bridgehead atoms. The van der Waals surface area contributed by atoms with Crippen molar-refractivity contribution in [2.45, 2.75) is 33.2 Å². The van der Waals surface area contributed by atoms with Gasteiger partial charge >= 0.3 is 0 Å². The molecule has 0 saturated carbocycles. The van der Waals surface area contributed by atoms with Gasteiger partial charge in [-0.3, -0.25) is 4.90 Å². The summed E-state index contributed by atoms with van der Waals surface area (Å²) in [5, 5.41) is 0. The van der Waals surface area contributed by atoms with Crippen LogP contribution in [0.4, 0.5) is 8.78 Å². The van der Waals surface area contributed by atoms with Gasteiger partial charge in [0.15, 0.2) is 0 Å². The summed E-state index contributed by atoms with van der Waals surface area (Å²) in [6, 6.07) is 10.1. The van der Waals surface area contributed by atoms with E-state index in [9.17, 15) is 8.78 Å². The van der Waals surface area contributed by atoms with Gasteiger partial charge in [0.25, 0.3) is 0 Å². The average molecular weight is 267 g/mol. The topological polar surface area (TPSA) is 3.24 Å². The van der Waals surface area contributed by atoms with Crippen molar-refractivity contribution in [2.75, 3.05) is 13.1 Å². The summed E-state index contributed by atoms with van der Waals surface area (Å²) in [6.07, 6.45) is -1.35. The highest BCUT2D eigenvalue weighted by molar-refractivity contribution is 5.14. The number of benzene rings is 1. The number of hydrogen-bond donors (Lipinski definition) is 0. The van der Waals surface area contributed by atoms with E-state index in [4.69, 9.17) is 0 Å². The first-order valence-electron chi connectivity index (χ1n) is 7.16. The van der Waals surface area contributed by atoms with Crippen molar-refractivity contribution in [1.29, 1.82) is 0 Å². The van der Waals surface area contributed by atoms with Crippen molar-refractivity contribution in [3.05, 3.63) is 35.9 Å². The molecule has 19 heavy (non-hydrogen) atoms. The van der Waals surface area contributed by atoms with Gasteiger partial charge in [0.05, 0.1) is 0 Å². The van der Waals surface area contributed by atoms with Gasteiger partial charge in [0.1, 0.15) is 0 Å². The lowest BCUT2D eigenvalue weighted by molar-refractivity contribution is -0.0351. The van der Waals surface area contributed by atoms with Crippen molar-refractivity contribution in [3.63, 3.8) is 0 Å². The normalized spacial score (nSPS) is 28.8. The Hall–Kier alpha value is -0.960. The van der Waals surface area contributed by atoms with E-state index in [2.05, 4.69) is 24.0 Å². The fourth-order valence-electron chi connectivity index (χ4n) is 3.42. The Labute approximate surface area is 114 Å². The van der Waals surface area contributed by atoms with Crippen LogP contribution in [0.2, 0.25) is 0 Å². The molecule has 1 heterocycles. The zero-order valence-electron chi connectivity index (χ0n) is 11.7. The van der Waals surface area contributed by atoms with Gasteiger partial charge < -0.3 is 0 Å². The van der Waals surface area contributed by atoms with Crippen LogP contribution < -0.4 is 0 Å². The molecule has 106 valence electrons. The molecule has 1 aromatic carbocycles. The van der Waals surface area contributed by atoms with Crippen molar-refractivity contribution >= 4 is 0 Å². The summed E-state index contributed by atoms with van der Waals surface area (Å²) in [7, 11) is 0. The lowest BCUT2D eigenvalue weighted by Gasteiger charge is -2.42. The minimum atomic E-state index is -2.20. The van der Waals surface area contributed by atoms with Gasteiger partial charge in [0.2, 0.25) is 6.43 Å². The summed E-state index contributed by atoms with van der Waals surface area (Å²) in [6.45, 7) is 6.38. The zero-order valence-corrected chi connectivity index (χ0v) is 11.7. The molecule has 1 aromatic rings. The smallest absolute Gasteiger partial charge is 0.242 e. The number of likely N-dealkylation sites (tertiary alicyclic amines) is 1. The molecule has 1 aliphatic rings. The molecule has 0 aromatic heterocycles. The molecule has 0 spiro atoms. The van der Waals surface area contributed by atoms with E-state index in [-0.39, 0.29) is 5.92 Å². The van der Waals surface area contributed by atoms with Gasteiger partial charge in [-0.05, 0) is 17.4 Å². The zero-order chi connectivity index (χ0) is 13.8. The van der Waals surface area contributed by atoms with E-state index in [0.717, 1.165) is 19.5 Å². The number of rotatable bonds is 4. The molecule has 1 nitrogen and oxygen atoms in total. The number of nitrogens with zero attached hydrogens (tertiary/aromatic N) is 1. The summed E-state index contributed by atoms with van der Waals surface area (Å²) in [5.74, 6) is 0.0333. The highest BCUT2D eigenvalue weighted by atomic mass is 19.3. The number of alkyl halides is 2. The maximum Gasteiger partial charge on any atom is 0.242 e. The Kier molecular flexibility index (Phi) is 4.92. The van der Waals surface area contributed by atoms with Crippen LogP contribution in [0.3, 0.4) is 0 Å². The minimum Gasteiger partial charge on any atom is -0.298 e. The molecule has 2 rings (SSSR count). The van der Waals surface area contributed by atoms with Crippen LogP contribution in [-0.4, -0.2) is 24.4 Å². The van der Waals surface area contributed by atoms with E-state index in [1.54, 1.807) is 0 Å². The maximum absolute atomic E-state index is 13.2. The van der Waals surface area contributed by atoms with Crippen LogP contribution >= 0.6 is 0 Å². The number of piperidine rings is 1. The highest BCUT2D eigenvalue weighted by Crippen LogP contribution is 2.35. The fraction of sp³-hybridized carbons (Fsp3) is 0.625. The molecule has 1 fully saturated rings. The Morgan fingerprint density at radius 1 is 1.21 bits per heavy atom. The Morgan fingerprint density at radius 2 is 1.89 bits per heavy atom. The van der Waals surface area contributed by atoms with Crippen molar-refractivity contribution < 1.29 is 8.78 Å². The second-order valence-corrected chi connectivity index (χ2v) is 5.73. The van der Waals surface area contributed by atoms with Gasteiger partial charge in [-0.2, -0.15) is 0 Å². The molecule has 3 heteroatoms. The highest BCUT2D eigenvalue weighted by Gasteiger charge is 2.38. The molecule has 3 atom stereocenters. The lowest BCUT2D eigenvalue weighted by atomic mass is 9.77. The first-order chi connectivity index (χ1) is 9.11. The van der Waals surface area contributed by atoms with Crippen LogP contribution in [-0.2, 0) is 6.54 Å². The van der Waals surface area contributed by atoms with E-state index >= 15 is 0 Å². The molecule has 1 saturated heterocycles. The van der Waals surface area contributed by atoms with Crippen LogP contribution in [0, 0.1) is 17.8 Å². The summed E-state index contributed by atoms with van der Waals surface area (Å²) in [4.78, 5) is 2.18. The predicted octanol–water partition coefficient (Wildman–Crippen LogP) is 4.05. The van der Waals surface area contributed by atoms with Gasteiger partial charge in [-0.25, -0.2) is 8.78 Å². The SMILES string of the molecule is CC[C@H]1C(C)CN(Cc2ccccc2)CC1C(F)F. The Bertz CT molecular complexity index is 380. The quantitative estimate of drug-likeness (QED) is 0.795. The second kappa shape index (κ2) is 6.47. The van der Waals surface area contributed by atoms with E-state index in [1.807, 2.05) is 25.1 Å². The summed E-state index contributed by atoms with van der Waals surface area (Å²) in [5.41, 5.74) is 1.21. The molecule has 0 N–H and O–H groups in total. The third-order valence-corrected chi connectivity index (χ3v) is 4.34. The third kappa shape index (κ3) is 3.53. The Morgan fingerprint density at radius 3 is 2.47 bits per heavy atom. The van der Waals surface area contributed by atoms with Gasteiger partial charge in [-0.15, -0.1) is 0 Å². The molecular formula is C16H23F2N. The lowest BCUT2D eigenvalue weighted by Crippen LogP contribution is -2.47. The first kappa shape index (κ1) is 14.4. The third-order valence-electron chi connectivity index (χ3n) is 4.34. The maximum atomic E-state index is 13.2. The summed E-state index contributed by atoms with van der Waals surface area (Å²) < 4.78 is 26.4. The molecule has 0 aliphatic carbocycles. The van der Waals surface area contributed by atoms with E-state index in [0.29, 0.717) is 12.5 Å². The molecule has 0 amide bonds. The number of halogens is 2. The van der Waals surface area contributed by atoms with Crippen LogP contribution in [0.5, 0.6) is 0 Å². The molecule has 1 aliphatic heterocycles. The summed E-state index contributed by atoms with van der Waals surface area (Å²) >= 11 is 0. The van der Waals surface area contributed by atoms with Crippen LogP contribution in [0.25, 0.3) is 0 Å². The van der Waals surface area contributed by atoms with E-state index in [1.165, 1.54) is 5.56 Å². The second-order valence-electron chi connectivity index (χ2n) is 5.73. The number of hydrogen-bond acceptors (Lipinski definition) is 1. The standard InChI is InChI=1S/C16H23F2N/c1-3-14-12(2)9-19(11-15(14)16(17)18)10-13-7-5-4-6-8-13/h4-8,12,14-16H,3,9-11H2,1-2H3/t12?,14-,15?/m0/s1. The van der Waals surface area contributed by atoms with Crippen molar-refractivity contribution in [2.24, 2.45) is 17.8 Å². The fourth-order valence-corrected chi connectivity index (χ4v) is 3.42. The van der Waals surface area contributed by atoms with Crippen LogP contribution in [0.1, 0.15) is 25.8 Å². The monoisotopic (exact) mass is 267 g/mol. The minimum absolute atomic E-state index is 0.159. The van der Waals surface area contributed by atoms with Gasteiger partial charge in [0, 0.05) is 25.6 Å². The predicted molar refractivity (Wildman–Crippen MR) is 74.2 cm³/mol. The van der Waals surface area contributed by atoms with Gasteiger partial charge in [-0.1, -0.05) is 50.6 Å². The van der Waals surface area contributed by atoms with Crippen molar-refractivity contribution in [3.8, 4) is 0 Å². The Balaban J connectivity index is 2.04. The largest absolute Gasteiger partial charge is 0.298 e. The molecule has 0 radical (unpaired) electrons. The molecular weight excluding hydrogens is 244 g/mol. The first-order valence-corrected chi connectivity index (χ1v) is 7.16. The van der Waals surface area contributed by atoms with Crippen LogP contribution in [0.15, 0.2) is 30.3 Å². The van der Waals surface area contributed by atoms with E-state index < -0.39 is 12.3 Å². The average Bonchev–Trinajstić information content (AvgIpc) is 2.39. The molecule has 2 unspecified atom stereocenters.